The monoisotopic (exact) mass is 357 g/mol. The maximum atomic E-state index is 12.7. The zero-order chi connectivity index (χ0) is 18.4. The van der Waals surface area contributed by atoms with Crippen LogP contribution in [0.2, 0.25) is 0 Å². The molecular formula is C18H26F3N3O. The number of likely N-dealkylation sites (tertiary alicyclic amines) is 1. The summed E-state index contributed by atoms with van der Waals surface area (Å²) in [5.74, 6) is -0.0647. The van der Waals surface area contributed by atoms with Crippen LogP contribution >= 0.6 is 0 Å². The molecule has 1 unspecified atom stereocenters. The number of halogens is 3. The van der Waals surface area contributed by atoms with E-state index in [1.807, 2.05) is 7.05 Å². The smallest absolute Gasteiger partial charge is 0.356 e. The molecule has 1 atom stereocenters. The van der Waals surface area contributed by atoms with Crippen molar-refractivity contribution in [3.05, 3.63) is 35.4 Å². The van der Waals surface area contributed by atoms with Gasteiger partial charge in [0.2, 0.25) is 5.91 Å². The Kier molecular flexibility index (Phi) is 6.84. The number of amides is 1. The van der Waals surface area contributed by atoms with Crippen molar-refractivity contribution in [1.82, 2.24) is 15.1 Å². The number of carbonyl (C=O) groups excluding carboxylic acids is 1. The number of hydrogen-bond donors (Lipinski definition) is 1. The van der Waals surface area contributed by atoms with Gasteiger partial charge in [0.25, 0.3) is 0 Å². The molecular weight excluding hydrogens is 331 g/mol. The number of hydrogen-bond acceptors (Lipinski definition) is 3. The Morgan fingerprint density at radius 1 is 1.40 bits per heavy atom. The van der Waals surface area contributed by atoms with Gasteiger partial charge in [0, 0.05) is 32.1 Å². The molecule has 1 aliphatic heterocycles. The minimum atomic E-state index is -4.34. The summed E-state index contributed by atoms with van der Waals surface area (Å²) in [5, 5.41) is 2.79. The molecule has 0 spiro atoms. The van der Waals surface area contributed by atoms with E-state index in [9.17, 15) is 18.0 Å². The number of carbonyl (C=O) groups is 1. The first-order valence-corrected chi connectivity index (χ1v) is 8.57. The molecule has 1 saturated heterocycles. The Morgan fingerprint density at radius 3 is 2.80 bits per heavy atom. The summed E-state index contributed by atoms with van der Waals surface area (Å²) in [5.41, 5.74) is -0.0827. The molecule has 2 rings (SSSR count). The van der Waals surface area contributed by atoms with Gasteiger partial charge in [-0.15, -0.1) is 0 Å². The molecule has 1 heterocycles. The van der Waals surface area contributed by atoms with Crippen LogP contribution in [0.5, 0.6) is 0 Å². The van der Waals surface area contributed by atoms with Gasteiger partial charge in [-0.05, 0) is 45.1 Å². The maximum absolute atomic E-state index is 12.7. The van der Waals surface area contributed by atoms with Crippen LogP contribution in [-0.4, -0.2) is 62.0 Å². The number of benzene rings is 1. The lowest BCUT2D eigenvalue weighted by Gasteiger charge is -2.23. The highest BCUT2D eigenvalue weighted by Gasteiger charge is 2.30. The molecule has 4 nitrogen and oxygen atoms in total. The molecule has 0 saturated carbocycles. The highest BCUT2D eigenvalue weighted by Crippen LogP contribution is 2.29. The van der Waals surface area contributed by atoms with Crippen molar-refractivity contribution in [1.29, 1.82) is 0 Å². The van der Waals surface area contributed by atoms with E-state index in [4.69, 9.17) is 0 Å². The number of nitrogens with one attached hydrogen (secondary N) is 1. The maximum Gasteiger partial charge on any atom is 0.416 e. The minimum absolute atomic E-state index is 0.0647. The van der Waals surface area contributed by atoms with Gasteiger partial charge in [-0.1, -0.05) is 18.2 Å². The largest absolute Gasteiger partial charge is 0.416 e. The molecule has 1 fully saturated rings. The Balaban J connectivity index is 1.68. The van der Waals surface area contributed by atoms with E-state index >= 15 is 0 Å². The molecule has 140 valence electrons. The fourth-order valence-corrected chi connectivity index (χ4v) is 3.07. The molecule has 1 amide bonds. The van der Waals surface area contributed by atoms with E-state index in [0.29, 0.717) is 37.5 Å². The van der Waals surface area contributed by atoms with E-state index < -0.39 is 11.7 Å². The predicted octanol–water partition coefficient (Wildman–Crippen LogP) is 2.39. The van der Waals surface area contributed by atoms with Crippen molar-refractivity contribution in [3.63, 3.8) is 0 Å². The highest BCUT2D eigenvalue weighted by molar-refractivity contribution is 5.76. The lowest BCUT2D eigenvalue weighted by atomic mass is 10.1. The summed E-state index contributed by atoms with van der Waals surface area (Å²) >= 11 is 0. The molecule has 25 heavy (non-hydrogen) atoms. The standard InChI is InChI=1S/C18H26F3N3O/c1-23-10-7-16(13-23)24(2)11-8-17(25)22-9-6-14-4-3-5-15(12-14)18(19,20)21/h3-5,12,16H,6-11,13H2,1-2H3,(H,22,25). The van der Waals surface area contributed by atoms with Crippen LogP contribution in [0.4, 0.5) is 13.2 Å². The van der Waals surface area contributed by atoms with E-state index in [0.717, 1.165) is 31.6 Å². The van der Waals surface area contributed by atoms with Crippen LogP contribution in [0.15, 0.2) is 24.3 Å². The third-order valence-corrected chi connectivity index (χ3v) is 4.67. The van der Waals surface area contributed by atoms with Crippen molar-refractivity contribution in [2.75, 3.05) is 40.3 Å². The van der Waals surface area contributed by atoms with Crippen molar-refractivity contribution < 1.29 is 18.0 Å². The Bertz CT molecular complexity index is 577. The van der Waals surface area contributed by atoms with E-state index in [-0.39, 0.29) is 5.91 Å². The summed E-state index contributed by atoms with van der Waals surface area (Å²) in [4.78, 5) is 16.4. The average molecular weight is 357 g/mol. The van der Waals surface area contributed by atoms with Gasteiger partial charge < -0.3 is 15.1 Å². The highest BCUT2D eigenvalue weighted by atomic mass is 19.4. The Morgan fingerprint density at radius 2 is 2.16 bits per heavy atom. The second-order valence-corrected chi connectivity index (χ2v) is 6.73. The first kappa shape index (κ1) is 19.7. The van der Waals surface area contributed by atoms with Crippen molar-refractivity contribution in [2.45, 2.75) is 31.5 Å². The number of rotatable bonds is 7. The molecule has 0 radical (unpaired) electrons. The zero-order valence-electron chi connectivity index (χ0n) is 14.8. The Labute approximate surface area is 147 Å². The second kappa shape index (κ2) is 8.67. The number of alkyl halides is 3. The normalized spacial score (nSPS) is 18.7. The fourth-order valence-electron chi connectivity index (χ4n) is 3.07. The Hall–Kier alpha value is -1.60. The molecule has 0 bridgehead atoms. The van der Waals surface area contributed by atoms with Gasteiger partial charge in [0.1, 0.15) is 0 Å². The van der Waals surface area contributed by atoms with Crippen LogP contribution in [0, 0.1) is 0 Å². The van der Waals surface area contributed by atoms with E-state index in [1.54, 1.807) is 6.07 Å². The van der Waals surface area contributed by atoms with Gasteiger partial charge in [-0.25, -0.2) is 0 Å². The van der Waals surface area contributed by atoms with Gasteiger partial charge in [0.05, 0.1) is 5.56 Å². The molecule has 7 heteroatoms. The van der Waals surface area contributed by atoms with Gasteiger partial charge in [0.15, 0.2) is 0 Å². The third kappa shape index (κ3) is 6.32. The topological polar surface area (TPSA) is 35.6 Å². The first-order chi connectivity index (χ1) is 11.8. The van der Waals surface area contributed by atoms with E-state index in [1.165, 1.54) is 6.07 Å². The third-order valence-electron chi connectivity index (χ3n) is 4.67. The summed E-state index contributed by atoms with van der Waals surface area (Å²) in [7, 11) is 4.12. The first-order valence-electron chi connectivity index (χ1n) is 8.57. The predicted molar refractivity (Wildman–Crippen MR) is 91.3 cm³/mol. The quantitative estimate of drug-likeness (QED) is 0.814. The SMILES string of the molecule is CN1CCC(N(C)CCC(=O)NCCc2cccc(C(F)(F)F)c2)C1. The molecule has 1 aromatic rings. The molecule has 1 N–H and O–H groups in total. The lowest BCUT2D eigenvalue weighted by molar-refractivity contribution is -0.137. The van der Waals surface area contributed by atoms with Crippen LogP contribution in [0.1, 0.15) is 24.0 Å². The van der Waals surface area contributed by atoms with Crippen molar-refractivity contribution in [3.8, 4) is 0 Å². The number of nitrogens with zero attached hydrogens (tertiary/aromatic N) is 2. The summed E-state index contributed by atoms with van der Waals surface area (Å²) in [6.45, 7) is 3.13. The summed E-state index contributed by atoms with van der Waals surface area (Å²) in [6, 6.07) is 5.72. The average Bonchev–Trinajstić information content (AvgIpc) is 2.99. The van der Waals surface area contributed by atoms with Gasteiger partial charge >= 0.3 is 6.18 Å². The minimum Gasteiger partial charge on any atom is -0.356 e. The summed E-state index contributed by atoms with van der Waals surface area (Å²) < 4.78 is 38.0. The van der Waals surface area contributed by atoms with Gasteiger partial charge in [-0.2, -0.15) is 13.2 Å². The van der Waals surface area contributed by atoms with Crippen LogP contribution in [0.25, 0.3) is 0 Å². The van der Waals surface area contributed by atoms with Gasteiger partial charge in [-0.3, -0.25) is 4.79 Å². The molecule has 0 aliphatic carbocycles. The van der Waals surface area contributed by atoms with Crippen LogP contribution in [-0.2, 0) is 17.4 Å². The van der Waals surface area contributed by atoms with Crippen LogP contribution in [0.3, 0.4) is 0 Å². The zero-order valence-corrected chi connectivity index (χ0v) is 14.8. The van der Waals surface area contributed by atoms with Crippen molar-refractivity contribution >= 4 is 5.91 Å². The summed E-state index contributed by atoms with van der Waals surface area (Å²) in [6.07, 6.45) is -2.43. The second-order valence-electron chi connectivity index (χ2n) is 6.73. The molecule has 1 aliphatic rings. The fraction of sp³-hybridized carbons (Fsp3) is 0.611. The molecule has 1 aromatic carbocycles. The van der Waals surface area contributed by atoms with Crippen LogP contribution < -0.4 is 5.32 Å². The number of likely N-dealkylation sites (N-methyl/N-ethyl adjacent to an activating group) is 2. The lowest BCUT2D eigenvalue weighted by Crippen LogP contribution is -2.37. The van der Waals surface area contributed by atoms with E-state index in [2.05, 4.69) is 22.2 Å². The van der Waals surface area contributed by atoms with Crippen molar-refractivity contribution in [2.24, 2.45) is 0 Å². The molecule has 0 aromatic heterocycles.